The molecular formula is C21H28N4O3. The zero-order chi connectivity index (χ0) is 19.3. The molecule has 2 fully saturated rings. The molecule has 1 saturated carbocycles. The van der Waals surface area contributed by atoms with Gasteiger partial charge >= 0.3 is 0 Å². The highest BCUT2D eigenvalue weighted by molar-refractivity contribution is 5.93. The highest BCUT2D eigenvalue weighted by Gasteiger charge is 2.31. The van der Waals surface area contributed by atoms with Gasteiger partial charge in [-0.05, 0) is 43.4 Å². The minimum atomic E-state index is -0.195. The predicted molar refractivity (Wildman–Crippen MR) is 105 cm³/mol. The second-order valence-electron chi connectivity index (χ2n) is 7.86. The molecule has 0 spiro atoms. The van der Waals surface area contributed by atoms with Gasteiger partial charge in [-0.1, -0.05) is 36.6 Å². The molecule has 1 aromatic heterocycles. The van der Waals surface area contributed by atoms with Crippen LogP contribution in [0.15, 0.2) is 28.8 Å². The summed E-state index contributed by atoms with van der Waals surface area (Å²) in [5, 5.41) is 6.82. The molecule has 1 aromatic carbocycles. The third-order valence-corrected chi connectivity index (χ3v) is 5.94. The van der Waals surface area contributed by atoms with Crippen LogP contribution in [0, 0.1) is 11.8 Å². The molecule has 150 valence electrons. The van der Waals surface area contributed by atoms with Gasteiger partial charge in [-0.25, -0.2) is 0 Å². The molecule has 4 rings (SSSR count). The maximum Gasteiger partial charge on any atom is 0.240 e. The Morgan fingerprint density at radius 2 is 2.07 bits per heavy atom. The van der Waals surface area contributed by atoms with E-state index in [1.54, 1.807) is 19.2 Å². The first-order valence-corrected chi connectivity index (χ1v) is 10.2. The Bertz CT molecular complexity index is 806. The van der Waals surface area contributed by atoms with Gasteiger partial charge in [-0.3, -0.25) is 9.69 Å². The normalized spacial score (nSPS) is 22.5. The summed E-state index contributed by atoms with van der Waals surface area (Å²) in [6.07, 6.45) is 6.84. The summed E-state index contributed by atoms with van der Waals surface area (Å²) in [5.41, 5.74) is 0.633. The summed E-state index contributed by atoms with van der Waals surface area (Å²) >= 11 is 0. The number of carbonyl (C=O) groups is 1. The predicted octanol–water partition coefficient (Wildman–Crippen LogP) is 3.27. The zero-order valence-electron chi connectivity index (χ0n) is 16.4. The van der Waals surface area contributed by atoms with Crippen LogP contribution in [0.25, 0.3) is 0 Å². The average Bonchev–Trinajstić information content (AvgIpc) is 3.14. The SMILES string of the molecule is COc1ccccc1NC(=O)Cc1noc(CN2CC[C@@H]3CCCC[C@@H]3C2)n1. The van der Waals surface area contributed by atoms with Crippen molar-refractivity contribution in [1.82, 2.24) is 15.0 Å². The number of piperidine rings is 1. The van der Waals surface area contributed by atoms with Crippen LogP contribution in [-0.2, 0) is 17.8 Å². The van der Waals surface area contributed by atoms with Gasteiger partial charge in [0.1, 0.15) is 5.75 Å². The van der Waals surface area contributed by atoms with Crippen LogP contribution >= 0.6 is 0 Å². The van der Waals surface area contributed by atoms with Crippen molar-refractivity contribution < 1.29 is 14.1 Å². The van der Waals surface area contributed by atoms with Crippen molar-refractivity contribution in [2.24, 2.45) is 11.8 Å². The monoisotopic (exact) mass is 384 g/mol. The number of para-hydroxylation sites is 2. The standard InChI is InChI=1S/C21H28N4O3/c1-27-18-9-5-4-8-17(18)22-20(26)12-19-23-21(28-24-19)14-25-11-10-15-6-2-3-7-16(15)13-25/h4-5,8-9,15-16H,2-3,6-7,10-14H2,1H3,(H,22,26)/t15-,16+/m0/s1. The second kappa shape index (κ2) is 8.73. The van der Waals surface area contributed by atoms with Gasteiger partial charge in [0.25, 0.3) is 0 Å². The fraction of sp³-hybridized carbons (Fsp3) is 0.571. The molecule has 7 nitrogen and oxygen atoms in total. The van der Waals surface area contributed by atoms with Crippen LogP contribution in [0.4, 0.5) is 5.69 Å². The molecule has 0 radical (unpaired) electrons. The van der Waals surface area contributed by atoms with Gasteiger partial charge < -0.3 is 14.6 Å². The lowest BCUT2D eigenvalue weighted by Gasteiger charge is -2.40. The molecule has 7 heteroatoms. The number of ether oxygens (including phenoxy) is 1. The van der Waals surface area contributed by atoms with E-state index in [4.69, 9.17) is 9.26 Å². The van der Waals surface area contributed by atoms with E-state index in [-0.39, 0.29) is 12.3 Å². The fourth-order valence-electron chi connectivity index (χ4n) is 4.52. The van der Waals surface area contributed by atoms with E-state index in [0.29, 0.717) is 29.7 Å². The van der Waals surface area contributed by atoms with E-state index < -0.39 is 0 Å². The van der Waals surface area contributed by atoms with Crippen LogP contribution in [-0.4, -0.2) is 41.1 Å². The van der Waals surface area contributed by atoms with Crippen LogP contribution in [0.1, 0.15) is 43.8 Å². The van der Waals surface area contributed by atoms with Gasteiger partial charge in [0.2, 0.25) is 11.8 Å². The molecular weight excluding hydrogens is 356 g/mol. The van der Waals surface area contributed by atoms with Gasteiger partial charge in [-0.15, -0.1) is 0 Å². The molecule has 0 unspecified atom stereocenters. The van der Waals surface area contributed by atoms with E-state index >= 15 is 0 Å². The Kier molecular flexibility index (Phi) is 5.90. The summed E-state index contributed by atoms with van der Waals surface area (Å²) in [6.45, 7) is 2.88. The van der Waals surface area contributed by atoms with E-state index in [0.717, 1.165) is 24.9 Å². The fourth-order valence-corrected chi connectivity index (χ4v) is 4.52. The summed E-state index contributed by atoms with van der Waals surface area (Å²) in [7, 11) is 1.58. The van der Waals surface area contributed by atoms with Crippen molar-refractivity contribution in [2.45, 2.75) is 45.1 Å². The van der Waals surface area contributed by atoms with Crippen molar-refractivity contribution >= 4 is 11.6 Å². The Hall–Kier alpha value is -2.41. The number of likely N-dealkylation sites (tertiary alicyclic amines) is 1. The van der Waals surface area contributed by atoms with Crippen molar-refractivity contribution in [3.05, 3.63) is 36.0 Å². The lowest BCUT2D eigenvalue weighted by atomic mass is 9.75. The Labute approximate surface area is 165 Å². The van der Waals surface area contributed by atoms with Crippen molar-refractivity contribution in [1.29, 1.82) is 0 Å². The first kappa shape index (κ1) is 18.9. The van der Waals surface area contributed by atoms with Crippen LogP contribution < -0.4 is 10.1 Å². The van der Waals surface area contributed by atoms with E-state index in [2.05, 4.69) is 20.4 Å². The molecule has 1 aliphatic carbocycles. The smallest absolute Gasteiger partial charge is 0.240 e. The Balaban J connectivity index is 1.30. The number of aromatic nitrogens is 2. The number of anilines is 1. The highest BCUT2D eigenvalue weighted by Crippen LogP contribution is 2.36. The lowest BCUT2D eigenvalue weighted by molar-refractivity contribution is -0.115. The Morgan fingerprint density at radius 1 is 1.25 bits per heavy atom. The number of hydrogen-bond acceptors (Lipinski definition) is 6. The maximum atomic E-state index is 12.3. The maximum absolute atomic E-state index is 12.3. The topological polar surface area (TPSA) is 80.5 Å². The average molecular weight is 384 g/mol. The number of hydrogen-bond donors (Lipinski definition) is 1. The molecule has 28 heavy (non-hydrogen) atoms. The minimum Gasteiger partial charge on any atom is -0.495 e. The molecule has 0 bridgehead atoms. The number of rotatable bonds is 6. The van der Waals surface area contributed by atoms with E-state index in [1.807, 2.05) is 12.1 Å². The molecule has 2 aromatic rings. The summed E-state index contributed by atoms with van der Waals surface area (Å²) < 4.78 is 10.6. The summed E-state index contributed by atoms with van der Waals surface area (Å²) in [6, 6.07) is 7.31. The molecule has 2 atom stereocenters. The van der Waals surface area contributed by atoms with E-state index in [1.165, 1.54) is 32.1 Å². The number of carbonyl (C=O) groups excluding carboxylic acids is 1. The first-order valence-electron chi connectivity index (χ1n) is 10.2. The zero-order valence-corrected chi connectivity index (χ0v) is 16.4. The van der Waals surface area contributed by atoms with Crippen molar-refractivity contribution in [3.63, 3.8) is 0 Å². The summed E-state index contributed by atoms with van der Waals surface area (Å²) in [4.78, 5) is 19.1. The largest absolute Gasteiger partial charge is 0.495 e. The van der Waals surface area contributed by atoms with Gasteiger partial charge in [0.15, 0.2) is 5.82 Å². The molecule has 1 aliphatic heterocycles. The van der Waals surface area contributed by atoms with Crippen molar-refractivity contribution in [2.75, 3.05) is 25.5 Å². The number of benzene rings is 1. The second-order valence-corrected chi connectivity index (χ2v) is 7.86. The molecule has 1 N–H and O–H groups in total. The molecule has 1 saturated heterocycles. The Morgan fingerprint density at radius 3 is 2.93 bits per heavy atom. The highest BCUT2D eigenvalue weighted by atomic mass is 16.5. The number of nitrogens with zero attached hydrogens (tertiary/aromatic N) is 3. The minimum absolute atomic E-state index is 0.0756. The molecule has 1 amide bonds. The number of amides is 1. The van der Waals surface area contributed by atoms with Crippen molar-refractivity contribution in [3.8, 4) is 5.75 Å². The lowest BCUT2D eigenvalue weighted by Crippen LogP contribution is -2.41. The molecule has 2 heterocycles. The van der Waals surface area contributed by atoms with Gasteiger partial charge in [0.05, 0.1) is 25.8 Å². The number of nitrogens with one attached hydrogen (secondary N) is 1. The summed E-state index contributed by atoms with van der Waals surface area (Å²) in [5.74, 6) is 3.15. The first-order chi connectivity index (χ1) is 13.7. The van der Waals surface area contributed by atoms with Gasteiger partial charge in [0, 0.05) is 6.54 Å². The van der Waals surface area contributed by atoms with Crippen LogP contribution in [0.2, 0.25) is 0 Å². The van der Waals surface area contributed by atoms with Gasteiger partial charge in [-0.2, -0.15) is 4.98 Å². The molecule has 2 aliphatic rings. The number of methoxy groups -OCH3 is 1. The number of fused-ring (bicyclic) bond motifs is 1. The van der Waals surface area contributed by atoms with Crippen LogP contribution in [0.3, 0.4) is 0 Å². The van der Waals surface area contributed by atoms with Crippen LogP contribution in [0.5, 0.6) is 5.75 Å². The quantitative estimate of drug-likeness (QED) is 0.823. The van der Waals surface area contributed by atoms with E-state index in [9.17, 15) is 4.79 Å². The third kappa shape index (κ3) is 4.52. The third-order valence-electron chi connectivity index (χ3n) is 5.94.